The van der Waals surface area contributed by atoms with E-state index in [2.05, 4.69) is 0 Å². The number of rotatable bonds is 2. The number of ether oxygens (including phenoxy) is 1. The van der Waals surface area contributed by atoms with Gasteiger partial charge in [0.15, 0.2) is 0 Å². The van der Waals surface area contributed by atoms with Crippen LogP contribution in [-0.4, -0.2) is 25.0 Å². The van der Waals surface area contributed by atoms with E-state index in [1.807, 2.05) is 39.0 Å². The molecule has 4 nitrogen and oxygen atoms in total. The van der Waals surface area contributed by atoms with E-state index in [-0.39, 0.29) is 30.3 Å². The highest BCUT2D eigenvalue weighted by atomic mass is 16.5. The Bertz CT molecular complexity index is 524. The number of nitrogens with zero attached hydrogens (tertiary/aromatic N) is 1. The van der Waals surface area contributed by atoms with Crippen molar-refractivity contribution in [1.29, 1.82) is 0 Å². The molecule has 0 bridgehead atoms. The van der Waals surface area contributed by atoms with Gasteiger partial charge in [-0.25, -0.2) is 0 Å². The lowest BCUT2D eigenvalue weighted by molar-refractivity contribution is -0.146. The van der Waals surface area contributed by atoms with Crippen LogP contribution in [0.2, 0.25) is 0 Å². The number of carbonyl (C=O) groups is 2. The smallest absolute Gasteiger partial charge is 0.311 e. The first kappa shape index (κ1) is 13.6. The Hall–Kier alpha value is -1.84. The lowest BCUT2D eigenvalue weighted by Crippen LogP contribution is -2.35. The summed E-state index contributed by atoms with van der Waals surface area (Å²) in [5.41, 5.74) is 3.09. The summed E-state index contributed by atoms with van der Waals surface area (Å²) in [5.74, 6) is -0.707. The third-order valence-corrected chi connectivity index (χ3v) is 3.77. The average Bonchev–Trinajstić information content (AvgIpc) is 2.65. The normalized spacial score (nSPS) is 22.7. The molecule has 1 saturated heterocycles. The van der Waals surface area contributed by atoms with Crippen LogP contribution in [0.4, 0.5) is 5.69 Å². The third-order valence-electron chi connectivity index (χ3n) is 3.77. The van der Waals surface area contributed by atoms with Crippen LogP contribution in [0.15, 0.2) is 18.2 Å². The van der Waals surface area contributed by atoms with Gasteiger partial charge in [-0.2, -0.15) is 0 Å². The molecule has 0 radical (unpaired) electrons. The number of amides is 1. The van der Waals surface area contributed by atoms with E-state index in [4.69, 9.17) is 4.74 Å². The zero-order valence-electron chi connectivity index (χ0n) is 11.8. The van der Waals surface area contributed by atoms with E-state index in [0.29, 0.717) is 0 Å². The average molecular weight is 261 g/mol. The van der Waals surface area contributed by atoms with Crippen molar-refractivity contribution in [3.63, 3.8) is 0 Å². The second-order valence-electron chi connectivity index (χ2n) is 5.13. The molecule has 1 aromatic rings. The van der Waals surface area contributed by atoms with Gasteiger partial charge < -0.3 is 9.64 Å². The Morgan fingerprint density at radius 1 is 1.37 bits per heavy atom. The quantitative estimate of drug-likeness (QED) is 0.767. The van der Waals surface area contributed by atoms with Crippen molar-refractivity contribution in [3.8, 4) is 0 Å². The minimum absolute atomic E-state index is 0.0187. The van der Waals surface area contributed by atoms with Crippen LogP contribution < -0.4 is 4.90 Å². The summed E-state index contributed by atoms with van der Waals surface area (Å²) in [6.45, 7) is 5.89. The van der Waals surface area contributed by atoms with E-state index in [1.165, 1.54) is 7.11 Å². The first-order valence-corrected chi connectivity index (χ1v) is 6.43. The molecule has 1 heterocycles. The maximum absolute atomic E-state index is 12.2. The summed E-state index contributed by atoms with van der Waals surface area (Å²) in [5, 5.41) is 0. The van der Waals surface area contributed by atoms with Gasteiger partial charge >= 0.3 is 5.97 Å². The largest absolute Gasteiger partial charge is 0.469 e. The molecule has 0 saturated carbocycles. The fraction of sp³-hybridized carbons (Fsp3) is 0.467. The molecule has 1 aliphatic rings. The van der Waals surface area contributed by atoms with Gasteiger partial charge in [-0.15, -0.1) is 0 Å². The first-order chi connectivity index (χ1) is 8.95. The zero-order chi connectivity index (χ0) is 14.2. The number of carbonyl (C=O) groups excluding carboxylic acids is 2. The predicted octanol–water partition coefficient (Wildman–Crippen LogP) is 2.22. The summed E-state index contributed by atoms with van der Waals surface area (Å²) in [7, 11) is 1.36. The van der Waals surface area contributed by atoms with Crippen molar-refractivity contribution in [3.05, 3.63) is 29.3 Å². The summed E-state index contributed by atoms with van der Waals surface area (Å²) in [4.78, 5) is 25.6. The number of aryl methyl sites for hydroxylation is 2. The summed E-state index contributed by atoms with van der Waals surface area (Å²) >= 11 is 0. The molecule has 2 rings (SSSR count). The molecule has 2 unspecified atom stereocenters. The highest BCUT2D eigenvalue weighted by Gasteiger charge is 2.42. The van der Waals surface area contributed by atoms with Crippen molar-refractivity contribution in [2.45, 2.75) is 33.2 Å². The van der Waals surface area contributed by atoms with Crippen molar-refractivity contribution < 1.29 is 14.3 Å². The van der Waals surface area contributed by atoms with Gasteiger partial charge in [-0.3, -0.25) is 9.59 Å². The standard InChI is InChI=1S/C15H19NO3/c1-9-5-6-13(10(2)7-9)16-11(3)12(8-14(16)17)15(18)19-4/h5-7,11-12H,8H2,1-4H3. The van der Waals surface area contributed by atoms with Crippen molar-refractivity contribution >= 4 is 17.6 Å². The molecule has 0 N–H and O–H groups in total. The van der Waals surface area contributed by atoms with Crippen LogP contribution in [-0.2, 0) is 14.3 Å². The summed E-state index contributed by atoms with van der Waals surface area (Å²) in [6, 6.07) is 5.80. The van der Waals surface area contributed by atoms with Crippen LogP contribution in [0.1, 0.15) is 24.5 Å². The van der Waals surface area contributed by atoms with Gasteiger partial charge in [-0.1, -0.05) is 17.7 Å². The molecule has 0 spiro atoms. The van der Waals surface area contributed by atoms with Crippen molar-refractivity contribution in [2.24, 2.45) is 5.92 Å². The molecule has 102 valence electrons. The molecule has 0 aromatic heterocycles. The fourth-order valence-electron chi connectivity index (χ4n) is 2.73. The monoisotopic (exact) mass is 261 g/mol. The molecule has 4 heteroatoms. The van der Waals surface area contributed by atoms with Gasteiger partial charge in [0.2, 0.25) is 5.91 Å². The van der Waals surface area contributed by atoms with Gasteiger partial charge in [0, 0.05) is 18.2 Å². The van der Waals surface area contributed by atoms with Crippen molar-refractivity contribution in [2.75, 3.05) is 12.0 Å². The van der Waals surface area contributed by atoms with Crippen LogP contribution in [0.25, 0.3) is 0 Å². The van der Waals surface area contributed by atoms with Crippen molar-refractivity contribution in [1.82, 2.24) is 0 Å². The van der Waals surface area contributed by atoms with Crippen LogP contribution in [0.3, 0.4) is 0 Å². The van der Waals surface area contributed by atoms with E-state index in [9.17, 15) is 9.59 Å². The predicted molar refractivity (Wildman–Crippen MR) is 73.0 cm³/mol. The van der Waals surface area contributed by atoms with Gasteiger partial charge in [0.1, 0.15) is 0 Å². The van der Waals surface area contributed by atoms with Gasteiger partial charge in [-0.05, 0) is 32.4 Å². The Morgan fingerprint density at radius 2 is 2.05 bits per heavy atom. The summed E-state index contributed by atoms with van der Waals surface area (Å²) < 4.78 is 4.77. The molecule has 19 heavy (non-hydrogen) atoms. The number of anilines is 1. The molecular weight excluding hydrogens is 242 g/mol. The van der Waals surface area contributed by atoms with E-state index in [1.54, 1.807) is 4.90 Å². The number of hydrogen-bond acceptors (Lipinski definition) is 3. The SMILES string of the molecule is COC(=O)C1CC(=O)N(c2ccc(C)cc2C)C1C. The Balaban J connectivity index is 2.35. The number of esters is 1. The molecule has 1 fully saturated rings. The number of benzene rings is 1. The lowest BCUT2D eigenvalue weighted by atomic mass is 10.0. The third kappa shape index (κ3) is 2.35. The van der Waals surface area contributed by atoms with Gasteiger partial charge in [0.25, 0.3) is 0 Å². The molecule has 1 amide bonds. The minimum Gasteiger partial charge on any atom is -0.469 e. The fourth-order valence-corrected chi connectivity index (χ4v) is 2.73. The van der Waals surface area contributed by atoms with Crippen LogP contribution >= 0.6 is 0 Å². The van der Waals surface area contributed by atoms with Gasteiger partial charge in [0.05, 0.1) is 13.0 Å². The molecule has 1 aliphatic heterocycles. The maximum Gasteiger partial charge on any atom is 0.311 e. The molecule has 2 atom stereocenters. The molecular formula is C15H19NO3. The summed E-state index contributed by atoms with van der Waals surface area (Å²) in [6.07, 6.45) is 0.223. The second kappa shape index (κ2) is 5.03. The maximum atomic E-state index is 12.2. The number of hydrogen-bond donors (Lipinski definition) is 0. The Kier molecular flexibility index (Phi) is 3.60. The topological polar surface area (TPSA) is 46.6 Å². The number of methoxy groups -OCH3 is 1. The van der Waals surface area contributed by atoms with E-state index >= 15 is 0 Å². The highest BCUT2D eigenvalue weighted by Crippen LogP contribution is 2.33. The van der Waals surface area contributed by atoms with E-state index in [0.717, 1.165) is 16.8 Å². The Morgan fingerprint density at radius 3 is 2.63 bits per heavy atom. The highest BCUT2D eigenvalue weighted by molar-refractivity contribution is 6.00. The second-order valence-corrected chi connectivity index (χ2v) is 5.13. The van der Waals surface area contributed by atoms with E-state index < -0.39 is 0 Å². The molecule has 1 aromatic carbocycles. The van der Waals surface area contributed by atoms with Crippen LogP contribution in [0, 0.1) is 19.8 Å². The minimum atomic E-state index is -0.377. The molecule has 0 aliphatic carbocycles. The van der Waals surface area contributed by atoms with Crippen LogP contribution in [0.5, 0.6) is 0 Å². The first-order valence-electron chi connectivity index (χ1n) is 6.43. The lowest BCUT2D eigenvalue weighted by Gasteiger charge is -2.25. The Labute approximate surface area is 113 Å². The zero-order valence-corrected chi connectivity index (χ0v) is 11.8.